The van der Waals surface area contributed by atoms with E-state index in [1.807, 2.05) is 0 Å². The van der Waals surface area contributed by atoms with E-state index in [0.717, 1.165) is 19.4 Å². The van der Waals surface area contributed by atoms with Crippen LogP contribution in [0, 0.1) is 0 Å². The maximum Gasteiger partial charge on any atom is 0.257 e. The molecule has 1 unspecified atom stereocenters. The third-order valence-corrected chi connectivity index (χ3v) is 4.37. The molecule has 1 aromatic rings. The van der Waals surface area contributed by atoms with Gasteiger partial charge in [-0.05, 0) is 19.3 Å². The van der Waals surface area contributed by atoms with Crippen LogP contribution in [0.2, 0.25) is 0 Å². The van der Waals surface area contributed by atoms with E-state index in [2.05, 4.69) is 14.9 Å². The molecule has 1 atom stereocenters. The summed E-state index contributed by atoms with van der Waals surface area (Å²) >= 11 is 0. The van der Waals surface area contributed by atoms with E-state index >= 15 is 0 Å². The van der Waals surface area contributed by atoms with E-state index in [1.54, 1.807) is 0 Å². The minimum Gasteiger partial charge on any atom is -0.392 e. The van der Waals surface area contributed by atoms with Crippen LogP contribution in [-0.4, -0.2) is 43.0 Å². The zero-order valence-electron chi connectivity index (χ0n) is 9.92. The molecule has 7 nitrogen and oxygen atoms in total. The van der Waals surface area contributed by atoms with Crippen molar-refractivity contribution >= 4 is 10.0 Å². The Balaban J connectivity index is 1.91. The van der Waals surface area contributed by atoms with Gasteiger partial charge in [0.15, 0.2) is 5.03 Å². The summed E-state index contributed by atoms with van der Waals surface area (Å²) in [6, 6.07) is 0. The molecule has 1 saturated heterocycles. The van der Waals surface area contributed by atoms with E-state index in [0.29, 0.717) is 13.0 Å². The lowest BCUT2D eigenvalue weighted by atomic mass is 10.2. The monoisotopic (exact) mass is 275 g/mol. The molecular weight excluding hydrogens is 258 g/mol. The zero-order chi connectivity index (χ0) is 13.0. The predicted octanol–water partition coefficient (Wildman–Crippen LogP) is -0.251. The van der Waals surface area contributed by atoms with Gasteiger partial charge < -0.3 is 9.84 Å². The molecular formula is C10H17N3O4S. The highest BCUT2D eigenvalue weighted by molar-refractivity contribution is 7.89. The number of ether oxygens (including phenoxy) is 1. The summed E-state index contributed by atoms with van der Waals surface area (Å²) in [5.41, 5.74) is 0.264. The summed E-state index contributed by atoms with van der Waals surface area (Å²) in [4.78, 5) is 0. The molecule has 0 amide bonds. The maximum absolute atomic E-state index is 11.9. The largest absolute Gasteiger partial charge is 0.392 e. The Labute approximate surface area is 106 Å². The van der Waals surface area contributed by atoms with Gasteiger partial charge in [-0.2, -0.15) is 5.10 Å². The summed E-state index contributed by atoms with van der Waals surface area (Å²) in [5.74, 6) is 0. The Morgan fingerprint density at radius 2 is 2.44 bits per heavy atom. The minimum atomic E-state index is -3.64. The molecule has 8 heteroatoms. The van der Waals surface area contributed by atoms with Gasteiger partial charge in [0, 0.05) is 18.7 Å². The van der Waals surface area contributed by atoms with Crippen LogP contribution in [-0.2, 0) is 21.4 Å². The van der Waals surface area contributed by atoms with Gasteiger partial charge in [-0.15, -0.1) is 0 Å². The lowest BCUT2D eigenvalue weighted by molar-refractivity contribution is 0.105. The first kappa shape index (κ1) is 13.5. The van der Waals surface area contributed by atoms with Crippen molar-refractivity contribution in [1.82, 2.24) is 14.9 Å². The van der Waals surface area contributed by atoms with Crippen LogP contribution in [0.15, 0.2) is 11.2 Å². The van der Waals surface area contributed by atoms with Crippen LogP contribution in [0.25, 0.3) is 0 Å². The van der Waals surface area contributed by atoms with Gasteiger partial charge in [0.05, 0.1) is 18.9 Å². The predicted molar refractivity (Wildman–Crippen MR) is 63.3 cm³/mol. The van der Waals surface area contributed by atoms with E-state index in [1.165, 1.54) is 6.20 Å². The summed E-state index contributed by atoms with van der Waals surface area (Å²) in [6.07, 6.45) is 4.11. The smallest absolute Gasteiger partial charge is 0.257 e. The Morgan fingerprint density at radius 3 is 3.11 bits per heavy atom. The summed E-state index contributed by atoms with van der Waals surface area (Å²) in [7, 11) is -3.64. The Morgan fingerprint density at radius 1 is 1.61 bits per heavy atom. The normalized spacial score (nSPS) is 20.4. The third kappa shape index (κ3) is 3.08. The van der Waals surface area contributed by atoms with Gasteiger partial charge in [-0.3, -0.25) is 5.10 Å². The average molecular weight is 275 g/mol. The van der Waals surface area contributed by atoms with Gasteiger partial charge in [0.25, 0.3) is 10.0 Å². The molecule has 18 heavy (non-hydrogen) atoms. The molecule has 1 fully saturated rings. The molecule has 0 spiro atoms. The summed E-state index contributed by atoms with van der Waals surface area (Å²) < 4.78 is 31.7. The Kier molecular flexibility index (Phi) is 4.33. The van der Waals surface area contributed by atoms with E-state index in [-0.39, 0.29) is 23.3 Å². The number of aromatic amines is 1. The highest BCUT2D eigenvalue weighted by Crippen LogP contribution is 2.15. The second-order valence-electron chi connectivity index (χ2n) is 4.20. The molecule has 0 radical (unpaired) electrons. The number of hydrogen-bond acceptors (Lipinski definition) is 5. The summed E-state index contributed by atoms with van der Waals surface area (Å²) in [6.45, 7) is 0.710. The fourth-order valence-electron chi connectivity index (χ4n) is 1.94. The lowest BCUT2D eigenvalue weighted by Crippen LogP contribution is -2.28. The summed E-state index contributed by atoms with van der Waals surface area (Å²) in [5, 5.41) is 14.9. The Bertz CT molecular complexity index is 479. The standard InChI is InChI=1S/C10H17N3O4S/c14-7-8-6-11-13-10(8)18(15,16)12-4-3-9-2-1-5-17-9/h6,9,12,14H,1-5,7H2,(H,11,13). The molecule has 2 rings (SSSR count). The second kappa shape index (κ2) is 5.79. The molecule has 2 heterocycles. The van der Waals surface area contributed by atoms with Crippen molar-refractivity contribution in [1.29, 1.82) is 0 Å². The van der Waals surface area contributed by atoms with Crippen LogP contribution in [0.1, 0.15) is 24.8 Å². The fraction of sp³-hybridized carbons (Fsp3) is 0.700. The second-order valence-corrected chi connectivity index (χ2v) is 5.91. The molecule has 0 bridgehead atoms. The Hall–Kier alpha value is -0.960. The van der Waals surface area contributed by atoms with Gasteiger partial charge in [0.1, 0.15) is 0 Å². The number of hydrogen-bond donors (Lipinski definition) is 3. The van der Waals surface area contributed by atoms with E-state index < -0.39 is 10.0 Å². The number of sulfonamides is 1. The number of aromatic nitrogens is 2. The molecule has 102 valence electrons. The molecule has 1 aliphatic rings. The number of aliphatic hydroxyl groups is 1. The van der Waals surface area contributed by atoms with Crippen LogP contribution in [0.5, 0.6) is 0 Å². The highest BCUT2D eigenvalue weighted by Gasteiger charge is 2.21. The first-order chi connectivity index (χ1) is 8.63. The van der Waals surface area contributed by atoms with Crippen molar-refractivity contribution in [2.75, 3.05) is 13.2 Å². The number of aliphatic hydroxyl groups excluding tert-OH is 1. The van der Waals surface area contributed by atoms with Crippen LogP contribution in [0.3, 0.4) is 0 Å². The molecule has 1 aromatic heterocycles. The van der Waals surface area contributed by atoms with Crippen molar-refractivity contribution in [3.05, 3.63) is 11.8 Å². The average Bonchev–Trinajstić information content (AvgIpc) is 2.99. The highest BCUT2D eigenvalue weighted by atomic mass is 32.2. The molecule has 0 aromatic carbocycles. The first-order valence-electron chi connectivity index (χ1n) is 5.88. The number of nitrogens with zero attached hydrogens (tertiary/aromatic N) is 1. The molecule has 1 aliphatic heterocycles. The first-order valence-corrected chi connectivity index (χ1v) is 7.36. The molecule has 3 N–H and O–H groups in total. The van der Waals surface area contributed by atoms with E-state index in [9.17, 15) is 8.42 Å². The third-order valence-electron chi connectivity index (χ3n) is 2.90. The van der Waals surface area contributed by atoms with Crippen molar-refractivity contribution in [2.24, 2.45) is 0 Å². The van der Waals surface area contributed by atoms with Crippen LogP contribution >= 0.6 is 0 Å². The minimum absolute atomic E-state index is 0.0719. The van der Waals surface area contributed by atoms with Crippen molar-refractivity contribution in [2.45, 2.75) is 37.0 Å². The van der Waals surface area contributed by atoms with Crippen LogP contribution < -0.4 is 4.72 Å². The quantitative estimate of drug-likeness (QED) is 0.664. The molecule has 0 aliphatic carbocycles. The lowest BCUT2D eigenvalue weighted by Gasteiger charge is -2.10. The number of H-pyrrole nitrogens is 1. The topological polar surface area (TPSA) is 104 Å². The van der Waals surface area contributed by atoms with Gasteiger partial charge in [0.2, 0.25) is 0 Å². The fourth-order valence-corrected chi connectivity index (χ4v) is 3.11. The van der Waals surface area contributed by atoms with Gasteiger partial charge in [-0.25, -0.2) is 13.1 Å². The van der Waals surface area contributed by atoms with Crippen molar-refractivity contribution < 1.29 is 18.3 Å². The van der Waals surface area contributed by atoms with E-state index in [4.69, 9.17) is 9.84 Å². The zero-order valence-corrected chi connectivity index (χ0v) is 10.7. The van der Waals surface area contributed by atoms with Gasteiger partial charge >= 0.3 is 0 Å². The van der Waals surface area contributed by atoms with Gasteiger partial charge in [-0.1, -0.05) is 0 Å². The maximum atomic E-state index is 11.9. The molecule has 0 saturated carbocycles. The van der Waals surface area contributed by atoms with Crippen molar-refractivity contribution in [3.8, 4) is 0 Å². The number of nitrogens with one attached hydrogen (secondary N) is 2. The number of rotatable bonds is 6. The SMILES string of the molecule is O=S(=O)(NCCC1CCCO1)c1[nH]ncc1CO. The van der Waals surface area contributed by atoms with Crippen molar-refractivity contribution in [3.63, 3.8) is 0 Å². The van der Waals surface area contributed by atoms with Crippen LogP contribution in [0.4, 0.5) is 0 Å².